The predicted octanol–water partition coefficient (Wildman–Crippen LogP) is 4.34. The molecule has 0 radical (unpaired) electrons. The molecular formula is C17H19NOS. The van der Waals surface area contributed by atoms with Crippen molar-refractivity contribution in [3.8, 4) is 10.4 Å². The zero-order valence-electron chi connectivity index (χ0n) is 12.0. The normalized spacial score (nSPS) is 11.8. The lowest BCUT2D eigenvalue weighted by atomic mass is 10.1. The summed E-state index contributed by atoms with van der Waals surface area (Å²) in [7, 11) is 0. The second-order valence-corrected chi connectivity index (χ2v) is 6.76. The largest absolute Gasteiger partial charge is 0.348 e. The van der Waals surface area contributed by atoms with E-state index in [0.29, 0.717) is 0 Å². The van der Waals surface area contributed by atoms with Crippen LogP contribution in [0.15, 0.2) is 48.5 Å². The fourth-order valence-electron chi connectivity index (χ4n) is 1.77. The Hall–Kier alpha value is -1.87. The second-order valence-electron chi connectivity index (χ2n) is 5.64. The minimum absolute atomic E-state index is 0.0628. The molecule has 0 saturated heterocycles. The van der Waals surface area contributed by atoms with E-state index in [-0.39, 0.29) is 11.4 Å². The van der Waals surface area contributed by atoms with E-state index in [4.69, 9.17) is 0 Å². The summed E-state index contributed by atoms with van der Waals surface area (Å²) in [4.78, 5) is 14.0. The van der Waals surface area contributed by atoms with Gasteiger partial charge in [0.1, 0.15) is 0 Å². The van der Waals surface area contributed by atoms with Gasteiger partial charge in [-0.25, -0.2) is 0 Å². The molecule has 2 rings (SSSR count). The van der Waals surface area contributed by atoms with Crippen molar-refractivity contribution >= 4 is 23.3 Å². The van der Waals surface area contributed by atoms with Crippen LogP contribution in [0, 0.1) is 0 Å². The van der Waals surface area contributed by atoms with Crippen molar-refractivity contribution in [2.45, 2.75) is 26.3 Å². The second kappa shape index (κ2) is 6.06. The van der Waals surface area contributed by atoms with Gasteiger partial charge in [-0.05, 0) is 44.5 Å². The third kappa shape index (κ3) is 4.35. The highest BCUT2D eigenvalue weighted by Crippen LogP contribution is 2.28. The van der Waals surface area contributed by atoms with Crippen molar-refractivity contribution in [3.05, 3.63) is 53.4 Å². The molecule has 0 aliphatic heterocycles. The Labute approximate surface area is 124 Å². The SMILES string of the molecule is CC(C)(C)NC(=O)/C=C/c1ccc(-c2ccccc2)s1. The van der Waals surface area contributed by atoms with Gasteiger partial charge in [-0.1, -0.05) is 30.3 Å². The highest BCUT2D eigenvalue weighted by molar-refractivity contribution is 7.16. The van der Waals surface area contributed by atoms with Crippen molar-refractivity contribution in [2.75, 3.05) is 0 Å². The van der Waals surface area contributed by atoms with Gasteiger partial charge in [0.25, 0.3) is 0 Å². The summed E-state index contributed by atoms with van der Waals surface area (Å²) in [5.74, 6) is -0.0628. The van der Waals surface area contributed by atoms with Crippen LogP contribution < -0.4 is 5.32 Å². The van der Waals surface area contributed by atoms with Gasteiger partial charge in [0.2, 0.25) is 5.91 Å². The van der Waals surface area contributed by atoms with E-state index in [1.54, 1.807) is 17.4 Å². The van der Waals surface area contributed by atoms with Crippen LogP contribution in [-0.2, 0) is 4.79 Å². The maximum atomic E-state index is 11.7. The number of carbonyl (C=O) groups excluding carboxylic acids is 1. The summed E-state index contributed by atoms with van der Waals surface area (Å²) >= 11 is 1.68. The van der Waals surface area contributed by atoms with Crippen LogP contribution in [0.25, 0.3) is 16.5 Å². The molecule has 0 aliphatic carbocycles. The van der Waals surface area contributed by atoms with E-state index in [9.17, 15) is 4.79 Å². The van der Waals surface area contributed by atoms with Gasteiger partial charge >= 0.3 is 0 Å². The molecule has 0 fully saturated rings. The van der Waals surface area contributed by atoms with Crippen molar-refractivity contribution < 1.29 is 4.79 Å². The van der Waals surface area contributed by atoms with Crippen molar-refractivity contribution in [3.63, 3.8) is 0 Å². The topological polar surface area (TPSA) is 29.1 Å². The Morgan fingerprint density at radius 1 is 1.10 bits per heavy atom. The van der Waals surface area contributed by atoms with E-state index in [2.05, 4.69) is 23.5 Å². The Kier molecular flexibility index (Phi) is 4.40. The minimum Gasteiger partial charge on any atom is -0.348 e. The molecule has 0 atom stereocenters. The fourth-order valence-corrected chi connectivity index (χ4v) is 2.69. The molecule has 1 heterocycles. The summed E-state index contributed by atoms with van der Waals surface area (Å²) in [6.07, 6.45) is 3.45. The Morgan fingerprint density at radius 3 is 2.45 bits per heavy atom. The van der Waals surface area contributed by atoms with E-state index in [1.807, 2.05) is 51.1 Å². The monoisotopic (exact) mass is 285 g/mol. The van der Waals surface area contributed by atoms with Gasteiger partial charge in [-0.3, -0.25) is 4.79 Å². The maximum absolute atomic E-state index is 11.7. The number of thiophene rings is 1. The summed E-state index contributed by atoms with van der Waals surface area (Å²) in [6.45, 7) is 5.91. The molecule has 0 bridgehead atoms. The maximum Gasteiger partial charge on any atom is 0.244 e. The predicted molar refractivity (Wildman–Crippen MR) is 86.7 cm³/mol. The Bertz CT molecular complexity index is 605. The van der Waals surface area contributed by atoms with E-state index in [1.165, 1.54) is 10.4 Å². The number of rotatable bonds is 3. The van der Waals surface area contributed by atoms with Crippen molar-refractivity contribution in [1.82, 2.24) is 5.32 Å². The van der Waals surface area contributed by atoms with Gasteiger partial charge in [-0.15, -0.1) is 11.3 Å². The molecule has 20 heavy (non-hydrogen) atoms. The average molecular weight is 285 g/mol. The van der Waals surface area contributed by atoms with Gasteiger partial charge in [0.05, 0.1) is 0 Å². The van der Waals surface area contributed by atoms with E-state index < -0.39 is 0 Å². The van der Waals surface area contributed by atoms with Gasteiger partial charge in [0.15, 0.2) is 0 Å². The summed E-state index contributed by atoms with van der Waals surface area (Å²) in [5, 5.41) is 2.91. The molecule has 0 saturated carbocycles. The van der Waals surface area contributed by atoms with Crippen LogP contribution in [-0.4, -0.2) is 11.4 Å². The fraction of sp³-hybridized carbons (Fsp3) is 0.235. The summed E-state index contributed by atoms with van der Waals surface area (Å²) in [5.41, 5.74) is 1.00. The zero-order chi connectivity index (χ0) is 14.6. The quantitative estimate of drug-likeness (QED) is 0.835. The molecule has 3 heteroatoms. The number of carbonyl (C=O) groups is 1. The van der Waals surface area contributed by atoms with E-state index in [0.717, 1.165) is 4.88 Å². The first-order valence-corrected chi connectivity index (χ1v) is 7.41. The highest BCUT2D eigenvalue weighted by atomic mass is 32.1. The molecular weight excluding hydrogens is 266 g/mol. The van der Waals surface area contributed by atoms with Crippen LogP contribution in [0.1, 0.15) is 25.6 Å². The first-order chi connectivity index (χ1) is 9.44. The number of amides is 1. The lowest BCUT2D eigenvalue weighted by Crippen LogP contribution is -2.39. The van der Waals surface area contributed by atoms with Crippen molar-refractivity contribution in [1.29, 1.82) is 0 Å². The molecule has 0 spiro atoms. The Balaban J connectivity index is 2.05. The van der Waals surface area contributed by atoms with Gasteiger partial charge in [0, 0.05) is 21.4 Å². The summed E-state index contributed by atoms with van der Waals surface area (Å²) < 4.78 is 0. The molecule has 2 nitrogen and oxygen atoms in total. The molecule has 0 aliphatic rings. The molecule has 0 unspecified atom stereocenters. The third-order valence-corrected chi connectivity index (χ3v) is 3.68. The van der Waals surface area contributed by atoms with Crippen LogP contribution in [0.5, 0.6) is 0 Å². The van der Waals surface area contributed by atoms with Gasteiger partial charge in [-0.2, -0.15) is 0 Å². The van der Waals surface area contributed by atoms with Crippen LogP contribution in [0.2, 0.25) is 0 Å². The molecule has 2 aromatic rings. The molecule has 104 valence electrons. The third-order valence-electron chi connectivity index (χ3n) is 2.58. The van der Waals surface area contributed by atoms with Crippen molar-refractivity contribution in [2.24, 2.45) is 0 Å². The molecule has 1 N–H and O–H groups in total. The molecule has 1 aromatic carbocycles. The first-order valence-electron chi connectivity index (χ1n) is 6.59. The smallest absolute Gasteiger partial charge is 0.244 e. The minimum atomic E-state index is -0.202. The highest BCUT2D eigenvalue weighted by Gasteiger charge is 2.11. The number of hydrogen-bond donors (Lipinski definition) is 1. The van der Waals surface area contributed by atoms with Crippen LogP contribution >= 0.6 is 11.3 Å². The number of benzene rings is 1. The summed E-state index contributed by atoms with van der Waals surface area (Å²) in [6, 6.07) is 14.4. The lowest BCUT2D eigenvalue weighted by Gasteiger charge is -2.18. The van der Waals surface area contributed by atoms with Gasteiger partial charge < -0.3 is 5.32 Å². The van der Waals surface area contributed by atoms with Crippen LogP contribution in [0.4, 0.5) is 0 Å². The lowest BCUT2D eigenvalue weighted by molar-refractivity contribution is -0.117. The zero-order valence-corrected chi connectivity index (χ0v) is 12.8. The average Bonchev–Trinajstić information content (AvgIpc) is 2.84. The number of hydrogen-bond acceptors (Lipinski definition) is 2. The molecule has 1 amide bonds. The number of nitrogens with one attached hydrogen (secondary N) is 1. The Morgan fingerprint density at radius 2 is 1.80 bits per heavy atom. The molecule has 1 aromatic heterocycles. The van der Waals surface area contributed by atoms with E-state index >= 15 is 0 Å². The standard InChI is InChI=1S/C17H19NOS/c1-17(2,3)18-16(19)12-10-14-9-11-15(20-14)13-7-5-4-6-8-13/h4-12H,1-3H3,(H,18,19)/b12-10+. The first kappa shape index (κ1) is 14.5. The van der Waals surface area contributed by atoms with Crippen LogP contribution in [0.3, 0.4) is 0 Å².